The maximum Gasteiger partial charge on any atom is 0.231 e. The second-order valence-corrected chi connectivity index (χ2v) is 3.78. The number of aryl methyl sites for hydroxylation is 1. The first-order chi connectivity index (χ1) is 6.84. The van der Waals surface area contributed by atoms with Crippen molar-refractivity contribution in [1.82, 2.24) is 20.2 Å². The molecule has 1 heterocycles. The van der Waals surface area contributed by atoms with E-state index in [-0.39, 0.29) is 0 Å². The Balaban J connectivity index is 1.95. The van der Waals surface area contributed by atoms with Gasteiger partial charge in [-0.15, -0.1) is 10.2 Å². The van der Waals surface area contributed by atoms with Gasteiger partial charge in [0, 0.05) is 5.75 Å². The van der Waals surface area contributed by atoms with E-state index in [9.17, 15) is 0 Å². The summed E-state index contributed by atoms with van der Waals surface area (Å²) in [5.41, 5.74) is 1.27. The molecule has 72 valence electrons. The van der Waals surface area contributed by atoms with Crippen LogP contribution in [0.5, 0.6) is 0 Å². The molecule has 0 saturated heterocycles. The summed E-state index contributed by atoms with van der Waals surface area (Å²) in [5.74, 6) is 0.881. The van der Waals surface area contributed by atoms with Gasteiger partial charge in [0.15, 0.2) is 0 Å². The zero-order valence-electron chi connectivity index (χ0n) is 7.79. The molecule has 0 aliphatic rings. The minimum absolute atomic E-state index is 0.719. The van der Waals surface area contributed by atoms with Crippen LogP contribution in [0.25, 0.3) is 0 Å². The number of tetrazole rings is 1. The first-order valence-corrected chi connectivity index (χ1v) is 5.24. The number of aromatic nitrogens is 4. The van der Waals surface area contributed by atoms with E-state index in [2.05, 4.69) is 27.5 Å². The van der Waals surface area contributed by atoms with Gasteiger partial charge >= 0.3 is 0 Å². The van der Waals surface area contributed by atoms with Gasteiger partial charge in [0.1, 0.15) is 0 Å². The van der Waals surface area contributed by atoms with Crippen molar-refractivity contribution in [2.45, 2.75) is 10.9 Å². The van der Waals surface area contributed by atoms with Crippen molar-refractivity contribution in [3.05, 3.63) is 35.9 Å². The molecule has 1 aromatic carbocycles. The number of hydrogen-bond donors (Lipinski definition) is 0. The van der Waals surface area contributed by atoms with E-state index in [1.807, 2.05) is 18.2 Å². The Bertz CT molecular complexity index is 398. The molecule has 1 aromatic heterocycles. The van der Waals surface area contributed by atoms with Crippen LogP contribution in [0.1, 0.15) is 5.56 Å². The highest BCUT2D eigenvalue weighted by molar-refractivity contribution is 7.98. The lowest BCUT2D eigenvalue weighted by atomic mass is 10.2. The topological polar surface area (TPSA) is 43.6 Å². The highest BCUT2D eigenvalue weighted by atomic mass is 32.2. The van der Waals surface area contributed by atoms with Gasteiger partial charge < -0.3 is 0 Å². The van der Waals surface area contributed by atoms with E-state index >= 15 is 0 Å². The van der Waals surface area contributed by atoms with Crippen molar-refractivity contribution in [2.24, 2.45) is 7.05 Å². The molecule has 0 radical (unpaired) electrons. The van der Waals surface area contributed by atoms with Gasteiger partial charge in [0.25, 0.3) is 0 Å². The molecule has 2 aromatic rings. The Kier molecular flexibility index (Phi) is 2.78. The van der Waals surface area contributed by atoms with Gasteiger partial charge in [-0.25, -0.2) is 0 Å². The van der Waals surface area contributed by atoms with Crippen molar-refractivity contribution in [3.8, 4) is 0 Å². The van der Waals surface area contributed by atoms with Crippen molar-refractivity contribution >= 4 is 11.8 Å². The number of nitrogens with zero attached hydrogens (tertiary/aromatic N) is 4. The van der Waals surface area contributed by atoms with Crippen molar-refractivity contribution in [3.63, 3.8) is 0 Å². The van der Waals surface area contributed by atoms with Crippen molar-refractivity contribution in [1.29, 1.82) is 0 Å². The summed E-state index contributed by atoms with van der Waals surface area (Å²) in [6, 6.07) is 10.2. The van der Waals surface area contributed by atoms with Gasteiger partial charge in [-0.2, -0.15) is 4.80 Å². The summed E-state index contributed by atoms with van der Waals surface area (Å²) in [7, 11) is 1.76. The van der Waals surface area contributed by atoms with E-state index in [1.54, 1.807) is 18.8 Å². The Morgan fingerprint density at radius 3 is 2.71 bits per heavy atom. The fraction of sp³-hybridized carbons (Fsp3) is 0.222. The SMILES string of the molecule is Cn1nnc(SCc2ccccc2)n1. The maximum absolute atomic E-state index is 4.08. The molecule has 2 rings (SSSR count). The summed E-state index contributed by atoms with van der Waals surface area (Å²) in [4.78, 5) is 1.47. The predicted octanol–water partition coefficient (Wildman–Crippen LogP) is 1.50. The first-order valence-electron chi connectivity index (χ1n) is 4.25. The fourth-order valence-corrected chi connectivity index (χ4v) is 1.81. The Hall–Kier alpha value is -1.36. The second kappa shape index (κ2) is 4.23. The summed E-state index contributed by atoms with van der Waals surface area (Å²) in [6.07, 6.45) is 0. The third-order valence-corrected chi connectivity index (χ3v) is 2.60. The minimum Gasteiger partial charge on any atom is -0.166 e. The van der Waals surface area contributed by atoms with Crippen LogP contribution in [0, 0.1) is 0 Å². The van der Waals surface area contributed by atoms with Crippen molar-refractivity contribution in [2.75, 3.05) is 0 Å². The highest BCUT2D eigenvalue weighted by Crippen LogP contribution is 2.17. The van der Waals surface area contributed by atoms with Crippen LogP contribution in [-0.2, 0) is 12.8 Å². The average molecular weight is 206 g/mol. The summed E-state index contributed by atoms with van der Waals surface area (Å²) in [6.45, 7) is 0. The normalized spacial score (nSPS) is 10.4. The Morgan fingerprint density at radius 2 is 2.07 bits per heavy atom. The van der Waals surface area contributed by atoms with Crippen LogP contribution < -0.4 is 0 Å². The van der Waals surface area contributed by atoms with Crippen molar-refractivity contribution < 1.29 is 0 Å². The molecule has 0 saturated carbocycles. The first kappa shape index (κ1) is 9.21. The molecule has 0 spiro atoms. The fourth-order valence-electron chi connectivity index (χ4n) is 1.05. The van der Waals surface area contributed by atoms with Gasteiger partial charge in [-0.05, 0) is 10.8 Å². The van der Waals surface area contributed by atoms with E-state index in [0.29, 0.717) is 0 Å². The van der Waals surface area contributed by atoms with Crippen LogP contribution in [-0.4, -0.2) is 20.2 Å². The van der Waals surface area contributed by atoms with E-state index in [4.69, 9.17) is 0 Å². The zero-order chi connectivity index (χ0) is 9.80. The molecule has 4 nitrogen and oxygen atoms in total. The van der Waals surface area contributed by atoms with Gasteiger partial charge in [0.05, 0.1) is 7.05 Å². The summed E-state index contributed by atoms with van der Waals surface area (Å²) < 4.78 is 0. The molecule has 0 aliphatic carbocycles. The third-order valence-electron chi connectivity index (χ3n) is 1.70. The maximum atomic E-state index is 4.08. The Morgan fingerprint density at radius 1 is 1.29 bits per heavy atom. The highest BCUT2D eigenvalue weighted by Gasteiger charge is 2.00. The molecular formula is C9H10N4S. The molecule has 14 heavy (non-hydrogen) atoms. The smallest absolute Gasteiger partial charge is 0.166 e. The summed E-state index contributed by atoms with van der Waals surface area (Å²) in [5, 5.41) is 12.5. The lowest BCUT2D eigenvalue weighted by Gasteiger charge is -1.95. The van der Waals surface area contributed by atoms with Crippen LogP contribution in [0.3, 0.4) is 0 Å². The number of rotatable bonds is 3. The quantitative estimate of drug-likeness (QED) is 0.714. The minimum atomic E-state index is 0.719. The molecule has 5 heteroatoms. The standard InChI is InChI=1S/C9H10N4S/c1-13-11-9(10-12-13)14-7-8-5-3-2-4-6-8/h2-6H,7H2,1H3. The molecule has 0 unspecified atom stereocenters. The summed E-state index contributed by atoms with van der Waals surface area (Å²) >= 11 is 1.59. The van der Waals surface area contributed by atoms with Crippen LogP contribution >= 0.6 is 11.8 Å². The van der Waals surface area contributed by atoms with E-state index < -0.39 is 0 Å². The van der Waals surface area contributed by atoms with Crippen LogP contribution in [0.2, 0.25) is 0 Å². The van der Waals surface area contributed by atoms with Gasteiger partial charge in [-0.1, -0.05) is 42.1 Å². The molecule has 0 fully saturated rings. The van der Waals surface area contributed by atoms with Gasteiger partial charge in [0.2, 0.25) is 5.16 Å². The lowest BCUT2D eigenvalue weighted by molar-refractivity contribution is 0.626. The number of benzene rings is 1. The zero-order valence-corrected chi connectivity index (χ0v) is 8.61. The predicted molar refractivity (Wildman–Crippen MR) is 54.8 cm³/mol. The number of hydrogen-bond acceptors (Lipinski definition) is 4. The molecule has 0 bridgehead atoms. The Labute approximate surface area is 86.3 Å². The molecular weight excluding hydrogens is 196 g/mol. The molecule has 0 atom stereocenters. The molecule has 0 amide bonds. The van der Waals surface area contributed by atoms with Crippen LogP contribution in [0.4, 0.5) is 0 Å². The largest absolute Gasteiger partial charge is 0.231 e. The second-order valence-electron chi connectivity index (χ2n) is 2.84. The monoisotopic (exact) mass is 206 g/mol. The van der Waals surface area contributed by atoms with Crippen LogP contribution in [0.15, 0.2) is 35.5 Å². The third kappa shape index (κ3) is 2.32. The molecule has 0 aliphatic heterocycles. The number of thioether (sulfide) groups is 1. The van der Waals surface area contributed by atoms with E-state index in [0.717, 1.165) is 10.9 Å². The van der Waals surface area contributed by atoms with Gasteiger partial charge in [-0.3, -0.25) is 0 Å². The average Bonchev–Trinajstić information content (AvgIpc) is 2.63. The molecule has 0 N–H and O–H groups in total. The lowest BCUT2D eigenvalue weighted by Crippen LogP contribution is -1.91. The van der Waals surface area contributed by atoms with E-state index in [1.165, 1.54) is 10.4 Å².